The number of carbonyl (C=O) groups excluding carboxylic acids is 1. The Balaban J connectivity index is 1.82. The first-order valence-electron chi connectivity index (χ1n) is 9.09. The molecular formula is C22H19N3O3S. The van der Waals surface area contributed by atoms with Gasteiger partial charge >= 0.3 is 5.69 Å². The van der Waals surface area contributed by atoms with E-state index >= 15 is 0 Å². The number of fused-ring (bicyclic) bond motifs is 1. The summed E-state index contributed by atoms with van der Waals surface area (Å²) in [6.45, 7) is 1.79. The number of amides is 1. The fourth-order valence-electron chi connectivity index (χ4n) is 3.27. The van der Waals surface area contributed by atoms with E-state index < -0.39 is 5.69 Å². The van der Waals surface area contributed by atoms with Crippen molar-refractivity contribution in [3.63, 3.8) is 0 Å². The summed E-state index contributed by atoms with van der Waals surface area (Å²) in [5.74, 6) is -0.247. The van der Waals surface area contributed by atoms with E-state index in [4.69, 9.17) is 0 Å². The van der Waals surface area contributed by atoms with Gasteiger partial charge in [-0.25, -0.2) is 9.36 Å². The number of likely N-dealkylation sites (N-methyl/N-ethyl adjacent to an activating group) is 1. The maximum absolute atomic E-state index is 13.2. The molecule has 0 spiro atoms. The van der Waals surface area contributed by atoms with Crippen molar-refractivity contribution in [1.82, 2.24) is 9.13 Å². The molecule has 0 unspecified atom stereocenters. The standard InChI is InChI=1S/C22H19N3O3S/c1-15-7-6-10-17(13-15)23(2)19(26)14-24-18-11-12-29-20(18)21(27)25(22(24)28)16-8-4-3-5-9-16/h3-13H,14H2,1-2H3. The quantitative estimate of drug-likeness (QED) is 0.524. The van der Waals surface area contributed by atoms with E-state index in [2.05, 4.69) is 0 Å². The van der Waals surface area contributed by atoms with Crippen molar-refractivity contribution in [2.24, 2.45) is 0 Å². The molecule has 2 aromatic carbocycles. The van der Waals surface area contributed by atoms with Crippen LogP contribution in [0.5, 0.6) is 0 Å². The van der Waals surface area contributed by atoms with Gasteiger partial charge in [-0.3, -0.25) is 14.2 Å². The van der Waals surface area contributed by atoms with Crippen LogP contribution in [0.3, 0.4) is 0 Å². The van der Waals surface area contributed by atoms with Crippen LogP contribution in [0.15, 0.2) is 75.6 Å². The van der Waals surface area contributed by atoms with Crippen molar-refractivity contribution < 1.29 is 4.79 Å². The van der Waals surface area contributed by atoms with Gasteiger partial charge in [-0.15, -0.1) is 11.3 Å². The van der Waals surface area contributed by atoms with Crippen LogP contribution in [0.2, 0.25) is 0 Å². The number of hydrogen-bond donors (Lipinski definition) is 0. The number of aryl methyl sites for hydroxylation is 1. The number of anilines is 1. The number of carbonyl (C=O) groups is 1. The molecule has 0 fully saturated rings. The molecule has 0 aliphatic rings. The van der Waals surface area contributed by atoms with E-state index in [0.29, 0.717) is 15.9 Å². The summed E-state index contributed by atoms with van der Waals surface area (Å²) < 4.78 is 2.94. The third kappa shape index (κ3) is 3.40. The van der Waals surface area contributed by atoms with Crippen LogP contribution in [-0.4, -0.2) is 22.1 Å². The van der Waals surface area contributed by atoms with Gasteiger partial charge < -0.3 is 4.90 Å². The second-order valence-electron chi connectivity index (χ2n) is 6.77. The molecule has 6 nitrogen and oxygen atoms in total. The topological polar surface area (TPSA) is 64.3 Å². The first-order chi connectivity index (χ1) is 14.0. The average Bonchev–Trinajstić information content (AvgIpc) is 3.21. The van der Waals surface area contributed by atoms with Crippen molar-refractivity contribution >= 4 is 33.1 Å². The highest BCUT2D eigenvalue weighted by Crippen LogP contribution is 2.18. The van der Waals surface area contributed by atoms with Crippen molar-refractivity contribution in [2.75, 3.05) is 11.9 Å². The lowest BCUT2D eigenvalue weighted by Crippen LogP contribution is -2.41. The van der Waals surface area contributed by atoms with Gasteiger partial charge in [-0.1, -0.05) is 30.3 Å². The Hall–Kier alpha value is -3.45. The summed E-state index contributed by atoms with van der Waals surface area (Å²) in [7, 11) is 1.68. The number of benzene rings is 2. The van der Waals surface area contributed by atoms with Crippen LogP contribution >= 0.6 is 11.3 Å². The average molecular weight is 405 g/mol. The monoisotopic (exact) mass is 405 g/mol. The Morgan fingerprint density at radius 3 is 2.52 bits per heavy atom. The highest BCUT2D eigenvalue weighted by atomic mass is 32.1. The SMILES string of the molecule is Cc1cccc(N(C)C(=O)Cn2c(=O)n(-c3ccccc3)c(=O)c3sccc32)c1. The summed E-state index contributed by atoms with van der Waals surface area (Å²) in [5, 5.41) is 1.76. The highest BCUT2D eigenvalue weighted by molar-refractivity contribution is 7.17. The van der Waals surface area contributed by atoms with E-state index in [-0.39, 0.29) is 18.0 Å². The van der Waals surface area contributed by atoms with Crippen LogP contribution in [-0.2, 0) is 11.3 Å². The van der Waals surface area contributed by atoms with Gasteiger partial charge in [-0.2, -0.15) is 0 Å². The van der Waals surface area contributed by atoms with Gasteiger partial charge in [0.05, 0.1) is 11.2 Å². The molecule has 0 atom stereocenters. The van der Waals surface area contributed by atoms with Gasteiger partial charge in [0.1, 0.15) is 11.2 Å². The summed E-state index contributed by atoms with van der Waals surface area (Å²) in [5.41, 5.74) is 1.84. The Kier molecular flexibility index (Phi) is 4.90. The van der Waals surface area contributed by atoms with Gasteiger partial charge in [0.15, 0.2) is 0 Å². The minimum absolute atomic E-state index is 0.163. The van der Waals surface area contributed by atoms with E-state index in [1.54, 1.807) is 42.8 Å². The lowest BCUT2D eigenvalue weighted by atomic mass is 10.2. The molecule has 0 aliphatic carbocycles. The van der Waals surface area contributed by atoms with E-state index in [0.717, 1.165) is 15.8 Å². The molecule has 7 heteroatoms. The number of nitrogens with zero attached hydrogens (tertiary/aromatic N) is 3. The number of para-hydroxylation sites is 1. The van der Waals surface area contributed by atoms with Crippen LogP contribution in [0.25, 0.3) is 15.9 Å². The first kappa shape index (κ1) is 18.9. The Labute approximate surface area is 170 Å². The minimum atomic E-state index is -0.530. The molecule has 2 aromatic heterocycles. The van der Waals surface area contributed by atoms with Crippen LogP contribution in [0.1, 0.15) is 5.56 Å². The predicted octanol–water partition coefficient (Wildman–Crippen LogP) is 3.19. The number of rotatable bonds is 4. The zero-order valence-electron chi connectivity index (χ0n) is 16.0. The van der Waals surface area contributed by atoms with Crippen LogP contribution < -0.4 is 16.1 Å². The molecule has 29 heavy (non-hydrogen) atoms. The molecule has 0 N–H and O–H groups in total. The summed E-state index contributed by atoms with van der Waals surface area (Å²) in [6.07, 6.45) is 0. The Bertz CT molecular complexity index is 1320. The van der Waals surface area contributed by atoms with Gasteiger partial charge in [-0.05, 0) is 48.2 Å². The lowest BCUT2D eigenvalue weighted by molar-refractivity contribution is -0.118. The second-order valence-corrected chi connectivity index (χ2v) is 7.69. The summed E-state index contributed by atoms with van der Waals surface area (Å²) >= 11 is 1.26. The van der Waals surface area contributed by atoms with Crippen LogP contribution in [0, 0.1) is 6.92 Å². The van der Waals surface area contributed by atoms with Crippen molar-refractivity contribution in [3.8, 4) is 5.69 Å². The van der Waals surface area contributed by atoms with Gasteiger partial charge in [0.25, 0.3) is 5.56 Å². The fourth-order valence-corrected chi connectivity index (χ4v) is 4.09. The van der Waals surface area contributed by atoms with E-state index in [9.17, 15) is 14.4 Å². The molecule has 0 radical (unpaired) electrons. The maximum Gasteiger partial charge on any atom is 0.336 e. The van der Waals surface area contributed by atoms with Gasteiger partial charge in [0.2, 0.25) is 5.91 Å². The molecule has 0 bridgehead atoms. The molecule has 4 aromatic rings. The highest BCUT2D eigenvalue weighted by Gasteiger charge is 2.19. The molecule has 0 saturated carbocycles. The molecule has 146 valence electrons. The molecule has 1 amide bonds. The number of hydrogen-bond acceptors (Lipinski definition) is 4. The number of thiophene rings is 1. The second kappa shape index (κ2) is 7.52. The normalized spacial score (nSPS) is 11.0. The third-order valence-corrected chi connectivity index (χ3v) is 5.72. The van der Waals surface area contributed by atoms with E-state index in [1.165, 1.54) is 20.8 Å². The maximum atomic E-state index is 13.2. The number of aromatic nitrogens is 2. The molecule has 2 heterocycles. The largest absolute Gasteiger partial charge is 0.336 e. The molecule has 0 aliphatic heterocycles. The van der Waals surface area contributed by atoms with E-state index in [1.807, 2.05) is 37.3 Å². The lowest BCUT2D eigenvalue weighted by Gasteiger charge is -2.19. The van der Waals surface area contributed by atoms with Crippen molar-refractivity contribution in [1.29, 1.82) is 0 Å². The zero-order chi connectivity index (χ0) is 20.5. The van der Waals surface area contributed by atoms with Crippen molar-refractivity contribution in [2.45, 2.75) is 13.5 Å². The third-order valence-electron chi connectivity index (χ3n) is 4.83. The molecule has 4 rings (SSSR count). The Morgan fingerprint density at radius 2 is 1.79 bits per heavy atom. The predicted molar refractivity (Wildman–Crippen MR) is 116 cm³/mol. The Morgan fingerprint density at radius 1 is 1.03 bits per heavy atom. The van der Waals surface area contributed by atoms with Crippen molar-refractivity contribution in [3.05, 3.63) is 92.4 Å². The summed E-state index contributed by atoms with van der Waals surface area (Å²) in [6, 6.07) is 18.0. The first-order valence-corrected chi connectivity index (χ1v) is 9.97. The summed E-state index contributed by atoms with van der Waals surface area (Å²) in [4.78, 5) is 40.6. The fraction of sp³-hybridized carbons (Fsp3) is 0.136. The van der Waals surface area contributed by atoms with Gasteiger partial charge in [0, 0.05) is 12.7 Å². The zero-order valence-corrected chi connectivity index (χ0v) is 16.8. The smallest absolute Gasteiger partial charge is 0.314 e. The minimum Gasteiger partial charge on any atom is -0.314 e. The molecule has 0 saturated heterocycles. The molecular weight excluding hydrogens is 386 g/mol. The van der Waals surface area contributed by atoms with Crippen LogP contribution in [0.4, 0.5) is 5.69 Å².